The van der Waals surface area contributed by atoms with Crippen molar-refractivity contribution in [2.24, 2.45) is 4.99 Å². The Morgan fingerprint density at radius 3 is 2.39 bits per heavy atom. The number of ether oxygens (including phenoxy) is 1. The van der Waals surface area contributed by atoms with Crippen LogP contribution < -0.4 is 11.1 Å². The Labute approximate surface area is 163 Å². The van der Waals surface area contributed by atoms with Gasteiger partial charge in [-0.15, -0.1) is 0 Å². The molecule has 1 aliphatic heterocycles. The lowest BCUT2D eigenvalue weighted by Crippen LogP contribution is -2.60. The maximum absolute atomic E-state index is 15.2. The minimum Gasteiger partial charge on any atom is -0.444 e. The third-order valence-corrected chi connectivity index (χ3v) is 7.11. The number of hydrogen-bond acceptors (Lipinski definition) is 6. The normalized spacial score (nSPS) is 26.3. The van der Waals surface area contributed by atoms with Crippen LogP contribution in [0, 0.1) is 5.82 Å². The molecular weight excluding hydrogens is 392 g/mol. The van der Waals surface area contributed by atoms with Gasteiger partial charge in [0.05, 0.1) is 0 Å². The van der Waals surface area contributed by atoms with Gasteiger partial charge in [0, 0.05) is 11.3 Å². The van der Waals surface area contributed by atoms with Crippen LogP contribution >= 0.6 is 0 Å². The number of carbonyl (C=O) groups excluding carboxylic acids is 1. The number of hydrogen-bond donors (Lipinski definition) is 2. The molecule has 0 fully saturated rings. The summed E-state index contributed by atoms with van der Waals surface area (Å²) < 4.78 is 58.7. The smallest absolute Gasteiger partial charge is 0.413 e. The molecule has 2 rings (SSSR count). The second-order valence-electron chi connectivity index (χ2n) is 8.35. The number of halogens is 2. The van der Waals surface area contributed by atoms with Crippen LogP contribution in [0.2, 0.25) is 0 Å². The van der Waals surface area contributed by atoms with Gasteiger partial charge in [-0.2, -0.15) is 0 Å². The number of nitrogen functional groups attached to an aromatic ring is 1. The molecule has 156 valence electrons. The molecule has 3 N–H and O–H groups in total. The Balaban J connectivity index is 2.66. The molecule has 1 amide bonds. The molecule has 7 nitrogen and oxygen atoms in total. The fourth-order valence-electron chi connectivity index (χ4n) is 2.81. The lowest BCUT2D eigenvalue weighted by molar-refractivity contribution is 0.0560. The number of alkyl halides is 1. The van der Waals surface area contributed by atoms with Crippen LogP contribution in [-0.2, 0) is 20.1 Å². The lowest BCUT2D eigenvalue weighted by atomic mass is 9.92. The summed E-state index contributed by atoms with van der Waals surface area (Å²) in [6.45, 7) is 8.43. The molecule has 0 saturated carbocycles. The summed E-state index contributed by atoms with van der Waals surface area (Å²) in [5, 5.41) is 2.29. The van der Waals surface area contributed by atoms with E-state index in [0.29, 0.717) is 0 Å². The predicted octanol–water partition coefficient (Wildman–Crippen LogP) is 3.05. The Hall–Kier alpha value is -2.23. The SMILES string of the molecule is CC(C)(C)OC(=O)NC1=N[C@](C)(c2cc(N)ccc2F)C(F)S(=O)(=O)C1(C)C. The highest BCUT2D eigenvalue weighted by atomic mass is 32.2. The first-order valence-electron chi connectivity index (χ1n) is 8.56. The number of anilines is 1. The molecule has 0 radical (unpaired) electrons. The van der Waals surface area contributed by atoms with Crippen molar-refractivity contribution in [3.8, 4) is 0 Å². The van der Waals surface area contributed by atoms with E-state index >= 15 is 4.39 Å². The molecule has 0 saturated heterocycles. The number of nitrogens with zero attached hydrogens (tertiary/aromatic N) is 1. The Morgan fingerprint density at radius 2 is 1.86 bits per heavy atom. The Bertz CT molecular complexity index is 939. The van der Waals surface area contributed by atoms with Gasteiger partial charge in [0.15, 0.2) is 9.84 Å². The largest absolute Gasteiger partial charge is 0.444 e. The summed E-state index contributed by atoms with van der Waals surface area (Å²) in [5.74, 6) is -1.21. The molecule has 2 atom stereocenters. The van der Waals surface area contributed by atoms with Gasteiger partial charge in [-0.3, -0.25) is 10.3 Å². The number of nitrogens with two attached hydrogens (primary N) is 1. The number of amides is 1. The van der Waals surface area contributed by atoms with E-state index in [-0.39, 0.29) is 17.1 Å². The van der Waals surface area contributed by atoms with Crippen molar-refractivity contribution < 1.29 is 26.7 Å². The van der Waals surface area contributed by atoms with Crippen molar-refractivity contribution in [3.05, 3.63) is 29.6 Å². The van der Waals surface area contributed by atoms with Crippen LogP contribution in [0.5, 0.6) is 0 Å². The van der Waals surface area contributed by atoms with E-state index in [0.717, 1.165) is 19.1 Å². The number of sulfone groups is 1. The van der Waals surface area contributed by atoms with Crippen molar-refractivity contribution in [1.29, 1.82) is 0 Å². The fourth-order valence-corrected chi connectivity index (χ4v) is 4.47. The fraction of sp³-hybridized carbons (Fsp3) is 0.556. The highest BCUT2D eigenvalue weighted by Gasteiger charge is 2.59. The molecule has 0 bridgehead atoms. The lowest BCUT2D eigenvalue weighted by Gasteiger charge is -2.41. The summed E-state index contributed by atoms with van der Waals surface area (Å²) in [5.41, 5.74) is -0.116. The first-order valence-corrected chi connectivity index (χ1v) is 10.1. The van der Waals surface area contributed by atoms with E-state index in [9.17, 15) is 17.6 Å². The highest BCUT2D eigenvalue weighted by molar-refractivity contribution is 7.94. The molecule has 0 aromatic heterocycles. The van der Waals surface area contributed by atoms with E-state index in [1.165, 1.54) is 19.9 Å². The van der Waals surface area contributed by atoms with Crippen LogP contribution in [-0.4, -0.2) is 36.2 Å². The van der Waals surface area contributed by atoms with Gasteiger partial charge in [-0.25, -0.2) is 22.0 Å². The van der Waals surface area contributed by atoms with E-state index in [4.69, 9.17) is 10.5 Å². The number of amidine groups is 1. The zero-order valence-corrected chi connectivity index (χ0v) is 17.4. The Morgan fingerprint density at radius 1 is 1.29 bits per heavy atom. The number of rotatable bonds is 1. The van der Waals surface area contributed by atoms with E-state index < -0.39 is 43.1 Å². The van der Waals surface area contributed by atoms with Crippen molar-refractivity contribution in [3.63, 3.8) is 0 Å². The van der Waals surface area contributed by atoms with Gasteiger partial charge < -0.3 is 10.5 Å². The minimum atomic E-state index is -4.54. The molecule has 28 heavy (non-hydrogen) atoms. The maximum Gasteiger partial charge on any atom is 0.413 e. The first-order chi connectivity index (χ1) is 12.5. The maximum atomic E-state index is 15.2. The summed E-state index contributed by atoms with van der Waals surface area (Å²) in [7, 11) is -4.54. The van der Waals surface area contributed by atoms with Gasteiger partial charge in [0.25, 0.3) is 0 Å². The summed E-state index contributed by atoms with van der Waals surface area (Å²) in [4.78, 5) is 16.3. The molecule has 1 aromatic carbocycles. The van der Waals surface area contributed by atoms with Crippen molar-refractivity contribution >= 4 is 27.5 Å². The third kappa shape index (κ3) is 3.69. The van der Waals surface area contributed by atoms with Gasteiger partial charge in [-0.1, -0.05) is 0 Å². The molecule has 1 aromatic rings. The number of aliphatic imine (C=N–C) groups is 1. The summed E-state index contributed by atoms with van der Waals surface area (Å²) >= 11 is 0. The topological polar surface area (TPSA) is 111 Å². The van der Waals surface area contributed by atoms with E-state index in [2.05, 4.69) is 10.3 Å². The number of carbonyl (C=O) groups is 1. The average molecular weight is 417 g/mol. The van der Waals surface area contributed by atoms with Gasteiger partial charge in [0.2, 0.25) is 5.50 Å². The molecule has 0 spiro atoms. The molecule has 0 aliphatic carbocycles. The predicted molar refractivity (Wildman–Crippen MR) is 103 cm³/mol. The minimum absolute atomic E-state index is 0.115. The average Bonchev–Trinajstić information content (AvgIpc) is 2.52. The van der Waals surface area contributed by atoms with Crippen LogP contribution in [0.4, 0.5) is 19.3 Å². The molecule has 10 heteroatoms. The molecule has 1 heterocycles. The van der Waals surface area contributed by atoms with Gasteiger partial charge in [-0.05, 0) is 59.7 Å². The zero-order chi connectivity index (χ0) is 21.7. The van der Waals surface area contributed by atoms with Crippen LogP contribution in [0.3, 0.4) is 0 Å². The van der Waals surface area contributed by atoms with E-state index in [1.54, 1.807) is 20.8 Å². The first kappa shape index (κ1) is 22.1. The van der Waals surface area contributed by atoms with Crippen LogP contribution in [0.1, 0.15) is 47.1 Å². The van der Waals surface area contributed by atoms with Crippen LogP contribution in [0.15, 0.2) is 23.2 Å². The molecule has 1 unspecified atom stereocenters. The molecular formula is C18H25F2N3O4S. The zero-order valence-electron chi connectivity index (χ0n) is 16.6. The monoisotopic (exact) mass is 417 g/mol. The molecule has 1 aliphatic rings. The van der Waals surface area contributed by atoms with Crippen molar-refractivity contribution in [2.75, 3.05) is 5.73 Å². The third-order valence-electron chi connectivity index (χ3n) is 4.50. The summed E-state index contributed by atoms with van der Waals surface area (Å²) in [6, 6.07) is 3.40. The van der Waals surface area contributed by atoms with Gasteiger partial charge >= 0.3 is 6.09 Å². The quantitative estimate of drug-likeness (QED) is 0.683. The van der Waals surface area contributed by atoms with Gasteiger partial charge in [0.1, 0.15) is 27.5 Å². The number of alkyl carbamates (subject to hydrolysis) is 1. The van der Waals surface area contributed by atoms with Crippen LogP contribution in [0.25, 0.3) is 0 Å². The second-order valence-corrected chi connectivity index (χ2v) is 10.9. The standard InChI is InChI=1S/C18H25F2N3O4S/c1-16(2,3)27-15(24)22-14-17(4,5)28(25,26)13(20)18(6,23-14)11-9-10(21)7-8-12(11)19/h7-9,13H,21H2,1-6H3,(H,22,23,24)/t13?,18-/m1/s1. The summed E-state index contributed by atoms with van der Waals surface area (Å²) in [6.07, 6.45) is -0.956. The van der Waals surface area contributed by atoms with Crippen molar-refractivity contribution in [2.45, 2.75) is 62.9 Å². The number of benzene rings is 1. The number of nitrogens with one attached hydrogen (secondary N) is 1. The second kappa shape index (κ2) is 6.68. The van der Waals surface area contributed by atoms with E-state index in [1.807, 2.05) is 0 Å². The van der Waals surface area contributed by atoms with Crippen molar-refractivity contribution in [1.82, 2.24) is 5.32 Å². The highest BCUT2D eigenvalue weighted by Crippen LogP contribution is 2.44. The Kier molecular flexibility index (Phi) is 5.26.